The van der Waals surface area contributed by atoms with Crippen LogP contribution in [-0.4, -0.2) is 35.5 Å². The third-order valence-corrected chi connectivity index (χ3v) is 6.21. The Hall–Kier alpha value is -2.16. The second kappa shape index (κ2) is 8.48. The molecule has 0 unspecified atom stereocenters. The molecule has 0 amide bonds. The number of sulfonamides is 1. The first-order chi connectivity index (χ1) is 12.6. The summed E-state index contributed by atoms with van der Waals surface area (Å²) in [6, 6.07) is 18.5. The van der Waals surface area contributed by atoms with Crippen molar-refractivity contribution < 1.29 is 8.42 Å². The van der Waals surface area contributed by atoms with Gasteiger partial charge >= 0.3 is 0 Å². The van der Waals surface area contributed by atoms with Crippen molar-refractivity contribution in [2.75, 3.05) is 12.3 Å². The van der Waals surface area contributed by atoms with Gasteiger partial charge in [0, 0.05) is 12.3 Å². The zero-order valence-corrected chi connectivity index (χ0v) is 16.0. The Bertz CT molecular complexity index is 942. The molecular weight excluding hydrogens is 368 g/mol. The summed E-state index contributed by atoms with van der Waals surface area (Å²) in [5, 5.41) is 9.13. The highest BCUT2D eigenvalue weighted by atomic mass is 32.2. The van der Waals surface area contributed by atoms with E-state index in [-0.39, 0.29) is 4.90 Å². The molecule has 0 saturated carbocycles. The number of benzene rings is 2. The molecule has 0 aliphatic carbocycles. The highest BCUT2D eigenvalue weighted by Crippen LogP contribution is 2.18. The third-order valence-electron chi connectivity index (χ3n) is 3.76. The molecule has 0 aliphatic heterocycles. The van der Waals surface area contributed by atoms with Crippen molar-refractivity contribution >= 4 is 21.8 Å². The maximum atomic E-state index is 12.2. The smallest absolute Gasteiger partial charge is 0.240 e. The summed E-state index contributed by atoms with van der Waals surface area (Å²) in [6.07, 6.45) is 0. The number of nitrogens with zero attached hydrogens (tertiary/aromatic N) is 3. The van der Waals surface area contributed by atoms with Crippen molar-refractivity contribution in [3.63, 3.8) is 0 Å². The van der Waals surface area contributed by atoms with Gasteiger partial charge in [-0.1, -0.05) is 60.3 Å². The minimum absolute atomic E-state index is 0.271. The van der Waals surface area contributed by atoms with Crippen molar-refractivity contribution in [2.24, 2.45) is 0 Å². The molecule has 0 aliphatic rings. The van der Waals surface area contributed by atoms with E-state index in [0.717, 1.165) is 11.0 Å². The minimum Gasteiger partial charge on any atom is -0.302 e. The molecule has 0 saturated heterocycles. The van der Waals surface area contributed by atoms with Crippen LogP contribution in [0.1, 0.15) is 11.4 Å². The van der Waals surface area contributed by atoms with Crippen molar-refractivity contribution in [3.8, 4) is 0 Å². The predicted molar refractivity (Wildman–Crippen MR) is 103 cm³/mol. The number of aromatic nitrogens is 3. The van der Waals surface area contributed by atoms with Crippen LogP contribution in [0.3, 0.4) is 0 Å². The highest BCUT2D eigenvalue weighted by Gasteiger charge is 2.14. The molecule has 136 valence electrons. The molecule has 0 radical (unpaired) electrons. The molecule has 0 spiro atoms. The van der Waals surface area contributed by atoms with E-state index in [1.165, 1.54) is 17.3 Å². The monoisotopic (exact) mass is 388 g/mol. The molecule has 0 bridgehead atoms. The van der Waals surface area contributed by atoms with Crippen LogP contribution >= 0.6 is 11.8 Å². The average Bonchev–Trinajstić information content (AvgIpc) is 3.00. The van der Waals surface area contributed by atoms with Crippen LogP contribution in [-0.2, 0) is 16.6 Å². The Morgan fingerprint density at radius 2 is 1.65 bits per heavy atom. The van der Waals surface area contributed by atoms with Gasteiger partial charge < -0.3 is 4.57 Å². The van der Waals surface area contributed by atoms with E-state index in [4.69, 9.17) is 0 Å². The van der Waals surface area contributed by atoms with Crippen molar-refractivity contribution in [3.05, 3.63) is 72.1 Å². The number of nitrogens with one attached hydrogen (secondary N) is 1. The Labute approximate surface area is 157 Å². The fraction of sp³-hybridized carbons (Fsp3) is 0.222. The van der Waals surface area contributed by atoms with E-state index in [1.54, 1.807) is 30.3 Å². The lowest BCUT2D eigenvalue weighted by Crippen LogP contribution is -2.26. The van der Waals surface area contributed by atoms with Gasteiger partial charge in [0.05, 0.1) is 11.4 Å². The molecule has 3 rings (SSSR count). The zero-order chi connectivity index (χ0) is 18.4. The van der Waals surface area contributed by atoms with Gasteiger partial charge in [-0.05, 0) is 24.6 Å². The number of hydrogen-bond acceptors (Lipinski definition) is 5. The van der Waals surface area contributed by atoms with E-state index < -0.39 is 10.0 Å². The lowest BCUT2D eigenvalue weighted by Gasteiger charge is -2.09. The molecule has 6 nitrogen and oxygen atoms in total. The second-order valence-electron chi connectivity index (χ2n) is 5.66. The Morgan fingerprint density at radius 1 is 1.00 bits per heavy atom. The molecule has 1 N–H and O–H groups in total. The summed E-state index contributed by atoms with van der Waals surface area (Å²) in [4.78, 5) is 0.271. The molecule has 1 heterocycles. The van der Waals surface area contributed by atoms with Gasteiger partial charge in [0.25, 0.3) is 0 Å². The lowest BCUT2D eigenvalue weighted by molar-refractivity contribution is 0.584. The van der Waals surface area contributed by atoms with Gasteiger partial charge in [0.15, 0.2) is 5.16 Å². The molecular formula is C18H20N4O2S2. The van der Waals surface area contributed by atoms with Gasteiger partial charge in [-0.25, -0.2) is 13.1 Å². The van der Waals surface area contributed by atoms with Gasteiger partial charge in [0.1, 0.15) is 5.82 Å². The quantitative estimate of drug-likeness (QED) is 0.474. The SMILES string of the molecule is Cc1nnc(SCCNS(=O)(=O)c2ccccc2)n1Cc1ccccc1. The van der Waals surface area contributed by atoms with Crippen LogP contribution in [0.2, 0.25) is 0 Å². The maximum Gasteiger partial charge on any atom is 0.240 e. The van der Waals surface area contributed by atoms with Crippen LogP contribution in [0.5, 0.6) is 0 Å². The Kier molecular flexibility index (Phi) is 6.08. The summed E-state index contributed by atoms with van der Waals surface area (Å²) >= 11 is 1.49. The molecule has 8 heteroatoms. The van der Waals surface area contributed by atoms with Crippen LogP contribution in [0.4, 0.5) is 0 Å². The first-order valence-corrected chi connectivity index (χ1v) is 10.6. The summed E-state index contributed by atoms with van der Waals surface area (Å²) in [5.41, 5.74) is 1.17. The van der Waals surface area contributed by atoms with E-state index >= 15 is 0 Å². The van der Waals surface area contributed by atoms with Crippen LogP contribution in [0.15, 0.2) is 70.7 Å². The van der Waals surface area contributed by atoms with E-state index in [9.17, 15) is 8.42 Å². The summed E-state index contributed by atoms with van der Waals surface area (Å²) < 4.78 is 29.1. The normalized spacial score (nSPS) is 11.6. The van der Waals surface area contributed by atoms with Crippen molar-refractivity contribution in [2.45, 2.75) is 23.5 Å². The van der Waals surface area contributed by atoms with Gasteiger partial charge in [0.2, 0.25) is 10.0 Å². The van der Waals surface area contributed by atoms with Crippen LogP contribution < -0.4 is 4.72 Å². The summed E-state index contributed by atoms with van der Waals surface area (Å²) in [7, 11) is -3.47. The molecule has 1 aromatic heterocycles. The topological polar surface area (TPSA) is 76.9 Å². The predicted octanol–water partition coefficient (Wildman–Crippen LogP) is 2.71. The fourth-order valence-electron chi connectivity index (χ4n) is 2.42. The Morgan fingerprint density at radius 3 is 2.35 bits per heavy atom. The van der Waals surface area contributed by atoms with Gasteiger partial charge in [-0.15, -0.1) is 10.2 Å². The van der Waals surface area contributed by atoms with Crippen molar-refractivity contribution in [1.29, 1.82) is 0 Å². The van der Waals surface area contributed by atoms with Crippen LogP contribution in [0, 0.1) is 6.92 Å². The van der Waals surface area contributed by atoms with E-state index in [0.29, 0.717) is 18.8 Å². The van der Waals surface area contributed by atoms with Gasteiger partial charge in [-0.3, -0.25) is 0 Å². The summed E-state index contributed by atoms with van der Waals surface area (Å²) in [6.45, 7) is 2.93. The number of hydrogen-bond donors (Lipinski definition) is 1. The molecule has 2 aromatic carbocycles. The minimum atomic E-state index is -3.47. The molecule has 3 aromatic rings. The highest BCUT2D eigenvalue weighted by molar-refractivity contribution is 7.99. The summed E-state index contributed by atoms with van der Waals surface area (Å²) in [5.74, 6) is 1.40. The zero-order valence-electron chi connectivity index (χ0n) is 14.4. The van der Waals surface area contributed by atoms with E-state index in [1.807, 2.05) is 29.7 Å². The third kappa shape index (κ3) is 4.72. The Balaban J connectivity index is 1.57. The lowest BCUT2D eigenvalue weighted by atomic mass is 10.2. The van der Waals surface area contributed by atoms with Crippen molar-refractivity contribution in [1.82, 2.24) is 19.5 Å². The average molecular weight is 389 g/mol. The standard InChI is InChI=1S/C18H20N4O2S2/c1-15-20-21-18(22(15)14-16-8-4-2-5-9-16)25-13-12-19-26(23,24)17-10-6-3-7-11-17/h2-11,19H,12-14H2,1H3. The first kappa shape index (κ1) is 18.6. The van der Waals surface area contributed by atoms with Gasteiger partial charge in [-0.2, -0.15) is 0 Å². The van der Waals surface area contributed by atoms with E-state index in [2.05, 4.69) is 27.1 Å². The largest absolute Gasteiger partial charge is 0.302 e. The molecule has 26 heavy (non-hydrogen) atoms. The molecule has 0 atom stereocenters. The number of rotatable bonds is 8. The maximum absolute atomic E-state index is 12.2. The first-order valence-electron chi connectivity index (χ1n) is 8.17. The fourth-order valence-corrected chi connectivity index (χ4v) is 4.44. The second-order valence-corrected chi connectivity index (χ2v) is 8.49. The number of aryl methyl sites for hydroxylation is 1. The number of thioether (sulfide) groups is 1. The van der Waals surface area contributed by atoms with Crippen LogP contribution in [0.25, 0.3) is 0 Å². The molecule has 0 fully saturated rings.